The molecule has 1 heterocycles. The molecule has 0 fully saturated rings. The predicted molar refractivity (Wildman–Crippen MR) is 96.2 cm³/mol. The van der Waals surface area contributed by atoms with Crippen LogP contribution in [0.15, 0.2) is 48.7 Å². The van der Waals surface area contributed by atoms with E-state index in [0.717, 1.165) is 27.7 Å². The molecule has 4 heteroatoms. The molecule has 0 bridgehead atoms. The fraction of sp³-hybridized carbons (Fsp3) is 0.211. The van der Waals surface area contributed by atoms with E-state index in [9.17, 15) is 4.79 Å². The lowest BCUT2D eigenvalue weighted by Gasteiger charge is -2.17. The van der Waals surface area contributed by atoms with Gasteiger partial charge in [-0.05, 0) is 62.2 Å². The summed E-state index contributed by atoms with van der Waals surface area (Å²) in [5, 5.41) is 4.76. The number of aromatic nitrogens is 1. The molecule has 3 nitrogen and oxygen atoms in total. The van der Waals surface area contributed by atoms with Crippen LogP contribution in [0.2, 0.25) is 5.02 Å². The summed E-state index contributed by atoms with van der Waals surface area (Å²) in [6.07, 6.45) is 1.92. The van der Waals surface area contributed by atoms with Crippen molar-refractivity contribution in [2.24, 2.45) is 0 Å². The number of hydrogen-bond donors (Lipinski definition) is 1. The first-order chi connectivity index (χ1) is 11.0. The number of benzene rings is 2. The maximum atomic E-state index is 12.6. The Morgan fingerprint density at radius 2 is 1.91 bits per heavy atom. The van der Waals surface area contributed by atoms with Crippen LogP contribution in [0.25, 0.3) is 10.9 Å². The zero-order valence-electron chi connectivity index (χ0n) is 13.4. The number of halogens is 1. The summed E-state index contributed by atoms with van der Waals surface area (Å²) in [5.41, 5.74) is 4.04. The quantitative estimate of drug-likeness (QED) is 0.713. The summed E-state index contributed by atoms with van der Waals surface area (Å²) >= 11 is 6.02. The average molecular weight is 327 g/mol. The van der Waals surface area contributed by atoms with Gasteiger partial charge in [-0.2, -0.15) is 0 Å². The van der Waals surface area contributed by atoms with Gasteiger partial charge in [0.05, 0.1) is 0 Å². The summed E-state index contributed by atoms with van der Waals surface area (Å²) in [6, 6.07) is 13.4. The molecule has 0 saturated carbocycles. The summed E-state index contributed by atoms with van der Waals surface area (Å²) in [7, 11) is 0. The minimum atomic E-state index is -0.311. The Morgan fingerprint density at radius 1 is 1.13 bits per heavy atom. The van der Waals surface area contributed by atoms with Crippen LogP contribution in [0, 0.1) is 13.8 Å². The lowest BCUT2D eigenvalue weighted by atomic mass is 10.1. The van der Waals surface area contributed by atoms with E-state index in [-0.39, 0.29) is 11.9 Å². The van der Waals surface area contributed by atoms with Gasteiger partial charge in [-0.1, -0.05) is 23.7 Å². The van der Waals surface area contributed by atoms with E-state index in [2.05, 4.69) is 5.32 Å². The van der Waals surface area contributed by atoms with Gasteiger partial charge < -0.3 is 9.88 Å². The van der Waals surface area contributed by atoms with Gasteiger partial charge in [0.2, 0.25) is 5.91 Å². The highest BCUT2D eigenvalue weighted by molar-refractivity contribution is 6.31. The van der Waals surface area contributed by atoms with Crippen molar-refractivity contribution in [2.45, 2.75) is 26.8 Å². The van der Waals surface area contributed by atoms with Crippen LogP contribution in [-0.2, 0) is 4.79 Å². The number of carbonyl (C=O) groups is 1. The monoisotopic (exact) mass is 326 g/mol. The Hall–Kier alpha value is -2.26. The standard InChI is InChI=1S/C19H19ClN2O/c1-12-4-5-13(2)17(10-12)21-19(23)14(3)22-9-8-15-11-16(20)6-7-18(15)22/h4-11,14H,1-3H3,(H,21,23). The molecule has 3 aromatic rings. The predicted octanol–water partition coefficient (Wildman–Crippen LogP) is 5.11. The normalized spacial score (nSPS) is 12.3. The second-order valence-corrected chi connectivity index (χ2v) is 6.35. The molecule has 3 rings (SSSR count). The van der Waals surface area contributed by atoms with Crippen molar-refractivity contribution in [3.8, 4) is 0 Å². The van der Waals surface area contributed by atoms with Crippen molar-refractivity contribution >= 4 is 34.1 Å². The maximum Gasteiger partial charge on any atom is 0.247 e. The van der Waals surface area contributed by atoms with Gasteiger partial charge in [0.15, 0.2) is 0 Å². The van der Waals surface area contributed by atoms with E-state index in [1.54, 1.807) is 0 Å². The summed E-state index contributed by atoms with van der Waals surface area (Å²) < 4.78 is 1.96. The molecule has 0 aliphatic carbocycles. The first-order valence-electron chi connectivity index (χ1n) is 7.60. The molecule has 118 valence electrons. The highest BCUT2D eigenvalue weighted by Crippen LogP contribution is 2.25. The largest absolute Gasteiger partial charge is 0.335 e. The third-order valence-electron chi connectivity index (χ3n) is 4.13. The molecule has 1 unspecified atom stereocenters. The second kappa shape index (κ2) is 6.09. The minimum Gasteiger partial charge on any atom is -0.335 e. The van der Waals surface area contributed by atoms with Crippen LogP contribution >= 0.6 is 11.6 Å². The molecule has 0 radical (unpaired) electrons. The third-order valence-corrected chi connectivity index (χ3v) is 4.37. The van der Waals surface area contributed by atoms with Gasteiger partial charge >= 0.3 is 0 Å². The van der Waals surface area contributed by atoms with Crippen LogP contribution < -0.4 is 5.32 Å². The molecule has 0 spiro atoms. The first-order valence-corrected chi connectivity index (χ1v) is 7.98. The molecule has 0 saturated heterocycles. The number of aryl methyl sites for hydroxylation is 2. The average Bonchev–Trinajstić information content (AvgIpc) is 2.93. The molecule has 0 aliphatic rings. The highest BCUT2D eigenvalue weighted by Gasteiger charge is 2.17. The number of carbonyl (C=O) groups excluding carboxylic acids is 1. The van der Waals surface area contributed by atoms with Crippen LogP contribution in [0.1, 0.15) is 24.1 Å². The van der Waals surface area contributed by atoms with Gasteiger partial charge in [0.25, 0.3) is 0 Å². The smallest absolute Gasteiger partial charge is 0.247 e. The molecule has 1 amide bonds. The molecule has 1 atom stereocenters. The van der Waals surface area contributed by atoms with Crippen molar-refractivity contribution in [3.63, 3.8) is 0 Å². The topological polar surface area (TPSA) is 34.0 Å². The highest BCUT2D eigenvalue weighted by atomic mass is 35.5. The summed E-state index contributed by atoms with van der Waals surface area (Å²) in [5.74, 6) is -0.0360. The van der Waals surface area contributed by atoms with Crippen LogP contribution in [0.5, 0.6) is 0 Å². The Morgan fingerprint density at radius 3 is 2.70 bits per heavy atom. The Kier molecular flexibility index (Phi) is 4.14. The molecular weight excluding hydrogens is 308 g/mol. The van der Waals surface area contributed by atoms with Crippen molar-refractivity contribution in [2.75, 3.05) is 5.32 Å². The Bertz CT molecular complexity index is 882. The van der Waals surface area contributed by atoms with Gasteiger partial charge in [0, 0.05) is 27.8 Å². The van der Waals surface area contributed by atoms with Crippen molar-refractivity contribution in [3.05, 3.63) is 64.8 Å². The molecule has 2 aromatic carbocycles. The van der Waals surface area contributed by atoms with E-state index in [4.69, 9.17) is 11.6 Å². The Balaban J connectivity index is 1.88. The van der Waals surface area contributed by atoms with E-state index in [1.165, 1.54) is 0 Å². The minimum absolute atomic E-state index is 0.0360. The third kappa shape index (κ3) is 3.10. The van der Waals surface area contributed by atoms with Gasteiger partial charge in [-0.3, -0.25) is 4.79 Å². The number of nitrogens with one attached hydrogen (secondary N) is 1. The van der Waals surface area contributed by atoms with Crippen LogP contribution in [-0.4, -0.2) is 10.5 Å². The zero-order chi connectivity index (χ0) is 16.6. The van der Waals surface area contributed by atoms with Crippen molar-refractivity contribution in [1.29, 1.82) is 0 Å². The summed E-state index contributed by atoms with van der Waals surface area (Å²) in [6.45, 7) is 5.91. The Labute approximate surface area is 140 Å². The van der Waals surface area contributed by atoms with E-state index in [0.29, 0.717) is 5.02 Å². The second-order valence-electron chi connectivity index (χ2n) is 5.91. The molecule has 1 N–H and O–H groups in total. The number of nitrogens with zero attached hydrogens (tertiary/aromatic N) is 1. The van der Waals surface area contributed by atoms with Crippen molar-refractivity contribution < 1.29 is 4.79 Å². The maximum absolute atomic E-state index is 12.6. The van der Waals surface area contributed by atoms with Gasteiger partial charge in [-0.15, -0.1) is 0 Å². The van der Waals surface area contributed by atoms with Crippen molar-refractivity contribution in [1.82, 2.24) is 4.57 Å². The number of fused-ring (bicyclic) bond motifs is 1. The molecule has 23 heavy (non-hydrogen) atoms. The van der Waals surface area contributed by atoms with E-state index >= 15 is 0 Å². The fourth-order valence-electron chi connectivity index (χ4n) is 2.71. The summed E-state index contributed by atoms with van der Waals surface area (Å²) in [4.78, 5) is 12.6. The van der Waals surface area contributed by atoms with E-state index in [1.807, 2.05) is 74.0 Å². The van der Waals surface area contributed by atoms with Crippen LogP contribution in [0.4, 0.5) is 5.69 Å². The number of anilines is 1. The molecule has 1 aromatic heterocycles. The lowest BCUT2D eigenvalue weighted by molar-refractivity contribution is -0.118. The first kappa shape index (κ1) is 15.6. The molecule has 0 aliphatic heterocycles. The number of amides is 1. The number of hydrogen-bond acceptors (Lipinski definition) is 1. The fourth-order valence-corrected chi connectivity index (χ4v) is 2.89. The van der Waals surface area contributed by atoms with E-state index < -0.39 is 0 Å². The number of rotatable bonds is 3. The van der Waals surface area contributed by atoms with Crippen LogP contribution in [0.3, 0.4) is 0 Å². The van der Waals surface area contributed by atoms with Gasteiger partial charge in [0.1, 0.15) is 6.04 Å². The molecular formula is C19H19ClN2O. The van der Waals surface area contributed by atoms with Gasteiger partial charge in [-0.25, -0.2) is 0 Å². The zero-order valence-corrected chi connectivity index (χ0v) is 14.2. The lowest BCUT2D eigenvalue weighted by Crippen LogP contribution is -2.23. The SMILES string of the molecule is Cc1ccc(C)c(NC(=O)C(C)n2ccc3cc(Cl)ccc32)c1.